The third-order valence-corrected chi connectivity index (χ3v) is 3.15. The number of hydrogen-bond acceptors (Lipinski definition) is 4. The molecule has 1 aromatic rings. The fourth-order valence-corrected chi connectivity index (χ4v) is 1.94. The molecule has 0 saturated carbocycles. The Balaban J connectivity index is 2.72. The van der Waals surface area contributed by atoms with Gasteiger partial charge in [0.2, 0.25) is 5.91 Å². The van der Waals surface area contributed by atoms with Gasteiger partial charge in [-0.05, 0) is 19.3 Å². The molecule has 1 unspecified atom stereocenters. The van der Waals surface area contributed by atoms with Crippen molar-refractivity contribution in [2.24, 2.45) is 5.92 Å². The standard InChI is InChI=1S/C14H23ClN4O/c1-5-6-11-12(15)17-8-18-13(11)19-10(4)14(20)16-7-9(2)3/h8-10H,5-7H2,1-4H3,(H,16,20)(H,17,18,19). The smallest absolute Gasteiger partial charge is 0.242 e. The Hall–Kier alpha value is -1.36. The molecule has 0 bridgehead atoms. The van der Waals surface area contributed by atoms with E-state index in [0.717, 1.165) is 18.4 Å². The lowest BCUT2D eigenvalue weighted by Gasteiger charge is -2.17. The first kappa shape index (κ1) is 16.7. The number of carbonyl (C=O) groups is 1. The zero-order chi connectivity index (χ0) is 15.1. The van der Waals surface area contributed by atoms with E-state index in [4.69, 9.17) is 11.6 Å². The van der Waals surface area contributed by atoms with Crippen molar-refractivity contribution in [3.05, 3.63) is 17.0 Å². The van der Waals surface area contributed by atoms with Crippen molar-refractivity contribution in [2.45, 2.75) is 46.6 Å². The van der Waals surface area contributed by atoms with E-state index in [9.17, 15) is 4.79 Å². The Morgan fingerprint density at radius 2 is 2.05 bits per heavy atom. The summed E-state index contributed by atoms with van der Waals surface area (Å²) in [6, 6.07) is -0.365. The third kappa shape index (κ3) is 4.96. The Bertz CT molecular complexity index is 451. The molecule has 0 aliphatic rings. The number of nitrogens with zero attached hydrogens (tertiary/aromatic N) is 2. The van der Waals surface area contributed by atoms with Crippen LogP contribution in [0.3, 0.4) is 0 Å². The van der Waals surface area contributed by atoms with Gasteiger partial charge in [0.15, 0.2) is 0 Å². The lowest BCUT2D eigenvalue weighted by Crippen LogP contribution is -2.39. The normalized spacial score (nSPS) is 12.3. The molecule has 0 spiro atoms. The van der Waals surface area contributed by atoms with E-state index in [0.29, 0.717) is 23.4 Å². The monoisotopic (exact) mass is 298 g/mol. The van der Waals surface area contributed by atoms with E-state index in [-0.39, 0.29) is 11.9 Å². The van der Waals surface area contributed by atoms with Crippen molar-refractivity contribution in [3.63, 3.8) is 0 Å². The van der Waals surface area contributed by atoms with Crippen LogP contribution < -0.4 is 10.6 Å². The third-order valence-electron chi connectivity index (χ3n) is 2.82. The van der Waals surface area contributed by atoms with E-state index in [2.05, 4.69) is 41.4 Å². The maximum absolute atomic E-state index is 12.0. The summed E-state index contributed by atoms with van der Waals surface area (Å²) in [6.45, 7) is 8.65. The summed E-state index contributed by atoms with van der Waals surface area (Å²) in [5.41, 5.74) is 0.861. The molecule has 1 atom stereocenters. The van der Waals surface area contributed by atoms with Gasteiger partial charge in [0.1, 0.15) is 23.3 Å². The van der Waals surface area contributed by atoms with Crippen LogP contribution in [0.25, 0.3) is 0 Å². The summed E-state index contributed by atoms with van der Waals surface area (Å²) in [4.78, 5) is 20.1. The van der Waals surface area contributed by atoms with Crippen LogP contribution in [-0.2, 0) is 11.2 Å². The molecule has 5 nitrogen and oxygen atoms in total. The lowest BCUT2D eigenvalue weighted by molar-refractivity contribution is -0.121. The zero-order valence-electron chi connectivity index (χ0n) is 12.5. The van der Waals surface area contributed by atoms with Crippen LogP contribution in [0, 0.1) is 5.92 Å². The number of aromatic nitrogens is 2. The minimum absolute atomic E-state index is 0.0455. The highest BCUT2D eigenvalue weighted by molar-refractivity contribution is 6.30. The molecule has 1 heterocycles. The second kappa shape index (κ2) is 8.04. The maximum Gasteiger partial charge on any atom is 0.242 e. The van der Waals surface area contributed by atoms with Gasteiger partial charge >= 0.3 is 0 Å². The maximum atomic E-state index is 12.0. The second-order valence-electron chi connectivity index (χ2n) is 5.25. The summed E-state index contributed by atoms with van der Waals surface area (Å²) in [7, 11) is 0. The SMILES string of the molecule is CCCc1c(Cl)ncnc1NC(C)C(=O)NCC(C)C. The van der Waals surface area contributed by atoms with Gasteiger partial charge in [-0.3, -0.25) is 4.79 Å². The zero-order valence-corrected chi connectivity index (χ0v) is 13.3. The molecule has 0 aromatic carbocycles. The molecule has 0 aliphatic carbocycles. The Labute approximate surface area is 125 Å². The minimum atomic E-state index is -0.365. The van der Waals surface area contributed by atoms with Crippen LogP contribution in [0.1, 0.15) is 39.7 Å². The van der Waals surface area contributed by atoms with Gasteiger partial charge in [-0.2, -0.15) is 0 Å². The first-order valence-electron chi connectivity index (χ1n) is 6.99. The van der Waals surface area contributed by atoms with Gasteiger partial charge in [0.25, 0.3) is 0 Å². The van der Waals surface area contributed by atoms with Crippen molar-refractivity contribution < 1.29 is 4.79 Å². The van der Waals surface area contributed by atoms with Gasteiger partial charge < -0.3 is 10.6 Å². The fourth-order valence-electron chi connectivity index (χ4n) is 1.72. The van der Waals surface area contributed by atoms with Crippen LogP contribution >= 0.6 is 11.6 Å². The molecule has 0 fully saturated rings. The predicted molar refractivity (Wildman–Crippen MR) is 82.0 cm³/mol. The molecule has 0 aliphatic heterocycles. The van der Waals surface area contributed by atoms with Crippen LogP contribution in [0.2, 0.25) is 5.15 Å². The van der Waals surface area contributed by atoms with Gasteiger partial charge in [0.05, 0.1) is 0 Å². The van der Waals surface area contributed by atoms with E-state index < -0.39 is 0 Å². The molecule has 2 N–H and O–H groups in total. The fraction of sp³-hybridized carbons (Fsp3) is 0.643. The summed E-state index contributed by atoms with van der Waals surface area (Å²) in [5, 5.41) is 6.45. The van der Waals surface area contributed by atoms with Gasteiger partial charge in [0, 0.05) is 12.1 Å². The Morgan fingerprint density at radius 1 is 1.35 bits per heavy atom. The van der Waals surface area contributed by atoms with Crippen LogP contribution in [0.5, 0.6) is 0 Å². The number of halogens is 1. The van der Waals surface area contributed by atoms with Crippen molar-refractivity contribution >= 4 is 23.3 Å². The topological polar surface area (TPSA) is 66.9 Å². The molecule has 1 rings (SSSR count). The summed E-state index contributed by atoms with van der Waals surface area (Å²) >= 11 is 6.08. The molecule has 1 amide bonds. The van der Waals surface area contributed by atoms with Crippen molar-refractivity contribution in [2.75, 3.05) is 11.9 Å². The van der Waals surface area contributed by atoms with Gasteiger partial charge in [-0.15, -0.1) is 0 Å². The molecule has 6 heteroatoms. The highest BCUT2D eigenvalue weighted by Crippen LogP contribution is 2.21. The number of nitrogens with one attached hydrogen (secondary N) is 2. The molecule has 0 saturated heterocycles. The molecule has 1 aromatic heterocycles. The molecular weight excluding hydrogens is 276 g/mol. The van der Waals surface area contributed by atoms with Crippen LogP contribution in [-0.4, -0.2) is 28.5 Å². The number of carbonyl (C=O) groups excluding carboxylic acids is 1. The Morgan fingerprint density at radius 3 is 2.65 bits per heavy atom. The van der Waals surface area contributed by atoms with Crippen molar-refractivity contribution in [1.82, 2.24) is 15.3 Å². The number of amides is 1. The summed E-state index contributed by atoms with van der Waals surface area (Å²) < 4.78 is 0. The van der Waals surface area contributed by atoms with Gasteiger partial charge in [-0.1, -0.05) is 38.8 Å². The molecular formula is C14H23ClN4O. The lowest BCUT2D eigenvalue weighted by atomic mass is 10.1. The first-order chi connectivity index (χ1) is 9.45. The molecule has 112 valence electrons. The van der Waals surface area contributed by atoms with E-state index in [1.165, 1.54) is 6.33 Å². The number of anilines is 1. The van der Waals surface area contributed by atoms with Crippen LogP contribution in [0.15, 0.2) is 6.33 Å². The second-order valence-corrected chi connectivity index (χ2v) is 5.60. The summed E-state index contributed by atoms with van der Waals surface area (Å²) in [6.07, 6.45) is 3.13. The van der Waals surface area contributed by atoms with Gasteiger partial charge in [-0.25, -0.2) is 9.97 Å². The Kier molecular flexibility index (Phi) is 6.71. The van der Waals surface area contributed by atoms with Crippen molar-refractivity contribution in [1.29, 1.82) is 0 Å². The largest absolute Gasteiger partial charge is 0.358 e. The summed E-state index contributed by atoms with van der Waals surface area (Å²) in [5.74, 6) is 1.02. The first-order valence-corrected chi connectivity index (χ1v) is 7.37. The number of hydrogen-bond donors (Lipinski definition) is 2. The molecule has 20 heavy (non-hydrogen) atoms. The predicted octanol–water partition coefficient (Wildman–Crippen LogP) is 2.66. The average Bonchev–Trinajstić information content (AvgIpc) is 2.39. The highest BCUT2D eigenvalue weighted by Gasteiger charge is 2.16. The van der Waals surface area contributed by atoms with E-state index >= 15 is 0 Å². The average molecular weight is 299 g/mol. The van der Waals surface area contributed by atoms with Crippen molar-refractivity contribution in [3.8, 4) is 0 Å². The minimum Gasteiger partial charge on any atom is -0.358 e. The highest BCUT2D eigenvalue weighted by atomic mass is 35.5. The van der Waals surface area contributed by atoms with E-state index in [1.54, 1.807) is 6.92 Å². The van der Waals surface area contributed by atoms with Crippen LogP contribution in [0.4, 0.5) is 5.82 Å². The van der Waals surface area contributed by atoms with E-state index in [1.807, 2.05) is 0 Å². The molecule has 0 radical (unpaired) electrons. The quantitative estimate of drug-likeness (QED) is 0.760. The number of rotatable bonds is 7.